The maximum absolute atomic E-state index is 12.5. The summed E-state index contributed by atoms with van der Waals surface area (Å²) in [5, 5.41) is 2.92. The summed E-state index contributed by atoms with van der Waals surface area (Å²) >= 11 is 0. The van der Waals surface area contributed by atoms with E-state index in [1.54, 1.807) is 31.2 Å². The minimum Gasteiger partial charge on any atom is -0.481 e. The van der Waals surface area contributed by atoms with Crippen molar-refractivity contribution in [2.24, 2.45) is 0 Å². The number of rotatable bonds is 6. The van der Waals surface area contributed by atoms with Crippen LogP contribution in [-0.4, -0.2) is 33.7 Å². The zero-order chi connectivity index (χ0) is 20.4. The topological polar surface area (TPSA) is 75.7 Å². The van der Waals surface area contributed by atoms with Crippen LogP contribution >= 0.6 is 0 Å². The van der Waals surface area contributed by atoms with E-state index in [0.29, 0.717) is 11.4 Å². The number of aryl methyl sites for hydroxylation is 3. The highest BCUT2D eigenvalue weighted by Crippen LogP contribution is 2.24. The Bertz CT molecular complexity index is 914. The molecule has 0 aliphatic rings. The molecular formula is C20H26N2O4S. The molecule has 2 aromatic rings. The predicted octanol–water partition coefficient (Wildman–Crippen LogP) is 3.41. The van der Waals surface area contributed by atoms with E-state index < -0.39 is 16.1 Å². The van der Waals surface area contributed by atoms with Crippen LogP contribution < -0.4 is 14.4 Å². The van der Waals surface area contributed by atoms with E-state index in [1.165, 1.54) is 11.4 Å². The Labute approximate surface area is 161 Å². The highest BCUT2D eigenvalue weighted by atomic mass is 32.2. The molecule has 146 valence electrons. The number of carbonyl (C=O) groups is 1. The van der Waals surface area contributed by atoms with Gasteiger partial charge in [0.25, 0.3) is 5.91 Å². The van der Waals surface area contributed by atoms with Crippen molar-refractivity contribution in [3.05, 3.63) is 53.1 Å². The fraction of sp³-hybridized carbons (Fsp3) is 0.350. The molecule has 0 fully saturated rings. The molecule has 27 heavy (non-hydrogen) atoms. The van der Waals surface area contributed by atoms with Crippen molar-refractivity contribution < 1.29 is 17.9 Å². The molecule has 0 saturated carbocycles. The summed E-state index contributed by atoms with van der Waals surface area (Å²) in [5.41, 5.74) is 4.47. The molecule has 0 heterocycles. The molecule has 2 aromatic carbocycles. The van der Waals surface area contributed by atoms with Crippen molar-refractivity contribution in [3.8, 4) is 5.75 Å². The lowest BCUT2D eigenvalue weighted by molar-refractivity contribution is -0.122. The highest BCUT2D eigenvalue weighted by Gasteiger charge is 2.18. The number of anilines is 2. The van der Waals surface area contributed by atoms with Gasteiger partial charge in [0, 0.05) is 12.7 Å². The minimum atomic E-state index is -3.32. The lowest BCUT2D eigenvalue weighted by atomic mass is 10.0. The molecule has 0 saturated heterocycles. The molecule has 0 spiro atoms. The van der Waals surface area contributed by atoms with Gasteiger partial charge in [0.1, 0.15) is 5.75 Å². The molecule has 1 unspecified atom stereocenters. The van der Waals surface area contributed by atoms with E-state index in [2.05, 4.69) is 5.32 Å². The molecule has 0 bridgehead atoms. The normalized spacial score (nSPS) is 12.4. The van der Waals surface area contributed by atoms with Crippen LogP contribution in [0.2, 0.25) is 0 Å². The first kappa shape index (κ1) is 20.8. The maximum atomic E-state index is 12.5. The van der Waals surface area contributed by atoms with Crippen LogP contribution in [0.5, 0.6) is 5.75 Å². The van der Waals surface area contributed by atoms with Gasteiger partial charge in [0.05, 0.1) is 11.9 Å². The molecule has 0 radical (unpaired) electrons. The second-order valence-corrected chi connectivity index (χ2v) is 8.76. The largest absolute Gasteiger partial charge is 0.481 e. The second-order valence-electron chi connectivity index (χ2n) is 6.75. The minimum absolute atomic E-state index is 0.248. The van der Waals surface area contributed by atoms with E-state index >= 15 is 0 Å². The predicted molar refractivity (Wildman–Crippen MR) is 109 cm³/mol. The van der Waals surface area contributed by atoms with Crippen molar-refractivity contribution in [2.45, 2.75) is 33.8 Å². The van der Waals surface area contributed by atoms with Gasteiger partial charge >= 0.3 is 0 Å². The Morgan fingerprint density at radius 2 is 1.59 bits per heavy atom. The van der Waals surface area contributed by atoms with Gasteiger partial charge in [-0.25, -0.2) is 8.42 Å². The quantitative estimate of drug-likeness (QED) is 0.820. The highest BCUT2D eigenvalue weighted by molar-refractivity contribution is 7.92. The number of ether oxygens (including phenoxy) is 1. The van der Waals surface area contributed by atoms with Crippen molar-refractivity contribution in [1.82, 2.24) is 0 Å². The van der Waals surface area contributed by atoms with Crippen LogP contribution in [0.4, 0.5) is 11.4 Å². The Balaban J connectivity index is 2.07. The third kappa shape index (κ3) is 5.23. The number of benzene rings is 2. The van der Waals surface area contributed by atoms with Gasteiger partial charge in [-0.2, -0.15) is 0 Å². The lowest BCUT2D eigenvalue weighted by Crippen LogP contribution is -2.30. The number of sulfonamides is 1. The first-order valence-electron chi connectivity index (χ1n) is 8.58. The van der Waals surface area contributed by atoms with E-state index in [4.69, 9.17) is 4.74 Å². The van der Waals surface area contributed by atoms with E-state index in [9.17, 15) is 13.2 Å². The fourth-order valence-corrected chi connectivity index (χ4v) is 3.29. The first-order chi connectivity index (χ1) is 12.5. The van der Waals surface area contributed by atoms with Gasteiger partial charge in [-0.05, 0) is 63.1 Å². The molecule has 0 aliphatic carbocycles. The van der Waals surface area contributed by atoms with Crippen molar-refractivity contribution >= 4 is 27.3 Å². The van der Waals surface area contributed by atoms with Crippen molar-refractivity contribution in [2.75, 3.05) is 22.9 Å². The molecule has 1 atom stereocenters. The SMILES string of the molecule is Cc1cc(C)c(NC(=O)C(C)Oc2ccc(N(C)S(C)(=O)=O)cc2)c(C)c1. The molecule has 1 amide bonds. The van der Waals surface area contributed by atoms with Crippen LogP contribution in [0.1, 0.15) is 23.6 Å². The van der Waals surface area contributed by atoms with Crippen LogP contribution in [0.15, 0.2) is 36.4 Å². The molecule has 0 aromatic heterocycles. The third-order valence-corrected chi connectivity index (χ3v) is 5.51. The van der Waals surface area contributed by atoms with E-state index in [-0.39, 0.29) is 5.91 Å². The summed E-state index contributed by atoms with van der Waals surface area (Å²) in [4.78, 5) is 12.5. The van der Waals surface area contributed by atoms with Gasteiger partial charge in [0.2, 0.25) is 10.0 Å². The first-order valence-corrected chi connectivity index (χ1v) is 10.4. The van der Waals surface area contributed by atoms with Gasteiger partial charge in [-0.3, -0.25) is 9.10 Å². The second kappa shape index (κ2) is 8.00. The molecule has 6 nitrogen and oxygen atoms in total. The number of hydrogen-bond acceptors (Lipinski definition) is 4. The summed E-state index contributed by atoms with van der Waals surface area (Å²) in [6, 6.07) is 10.6. The maximum Gasteiger partial charge on any atom is 0.265 e. The standard InChI is InChI=1S/C20H26N2O4S/c1-13-11-14(2)19(15(3)12-13)21-20(23)16(4)26-18-9-7-17(8-10-18)22(5)27(6,24)25/h7-12,16H,1-6H3,(H,21,23). The number of hydrogen-bond donors (Lipinski definition) is 1. The van der Waals surface area contributed by atoms with Crippen LogP contribution in [0.25, 0.3) is 0 Å². The average molecular weight is 391 g/mol. The van der Waals surface area contributed by atoms with Gasteiger partial charge < -0.3 is 10.1 Å². The van der Waals surface area contributed by atoms with Crippen LogP contribution in [0.3, 0.4) is 0 Å². The van der Waals surface area contributed by atoms with Gasteiger partial charge in [0.15, 0.2) is 6.10 Å². The zero-order valence-corrected chi connectivity index (χ0v) is 17.3. The number of nitrogens with one attached hydrogen (secondary N) is 1. The summed E-state index contributed by atoms with van der Waals surface area (Å²) < 4.78 is 30.0. The Kier molecular flexibility index (Phi) is 6.15. The summed E-state index contributed by atoms with van der Waals surface area (Å²) in [7, 11) is -1.84. The number of carbonyl (C=O) groups excluding carboxylic acids is 1. The van der Waals surface area contributed by atoms with Crippen molar-refractivity contribution in [1.29, 1.82) is 0 Å². The lowest BCUT2D eigenvalue weighted by Gasteiger charge is -2.19. The van der Waals surface area contributed by atoms with Gasteiger partial charge in [-0.1, -0.05) is 17.7 Å². The summed E-state index contributed by atoms with van der Waals surface area (Å²) in [5.74, 6) is 0.239. The Morgan fingerprint density at radius 1 is 1.07 bits per heavy atom. The molecular weight excluding hydrogens is 364 g/mol. The summed E-state index contributed by atoms with van der Waals surface area (Å²) in [6.07, 6.45) is 0.433. The fourth-order valence-electron chi connectivity index (χ4n) is 2.79. The Morgan fingerprint density at radius 3 is 2.07 bits per heavy atom. The average Bonchev–Trinajstić information content (AvgIpc) is 2.57. The van der Waals surface area contributed by atoms with E-state index in [1.807, 2.05) is 32.9 Å². The molecule has 0 aliphatic heterocycles. The molecule has 1 N–H and O–H groups in total. The smallest absolute Gasteiger partial charge is 0.265 e. The summed E-state index contributed by atoms with van der Waals surface area (Å²) in [6.45, 7) is 7.60. The van der Waals surface area contributed by atoms with Crippen LogP contribution in [0, 0.1) is 20.8 Å². The van der Waals surface area contributed by atoms with Gasteiger partial charge in [-0.15, -0.1) is 0 Å². The zero-order valence-electron chi connectivity index (χ0n) is 16.5. The molecule has 2 rings (SSSR count). The third-order valence-electron chi connectivity index (χ3n) is 4.31. The Hall–Kier alpha value is -2.54. The number of nitrogens with zero attached hydrogens (tertiary/aromatic N) is 1. The van der Waals surface area contributed by atoms with Crippen LogP contribution in [-0.2, 0) is 14.8 Å². The number of amides is 1. The molecule has 7 heteroatoms. The van der Waals surface area contributed by atoms with E-state index in [0.717, 1.165) is 28.6 Å². The monoisotopic (exact) mass is 390 g/mol. The van der Waals surface area contributed by atoms with Crippen molar-refractivity contribution in [3.63, 3.8) is 0 Å².